The molecule has 2 fully saturated rings. The summed E-state index contributed by atoms with van der Waals surface area (Å²) in [7, 11) is 0. The van der Waals surface area contributed by atoms with E-state index in [9.17, 15) is 4.79 Å². The molecule has 1 amide bonds. The molecule has 0 bridgehead atoms. The highest BCUT2D eigenvalue weighted by Crippen LogP contribution is 2.12. The summed E-state index contributed by atoms with van der Waals surface area (Å²) in [6.45, 7) is 10.6. The van der Waals surface area contributed by atoms with Gasteiger partial charge in [-0.3, -0.25) is 9.69 Å². The van der Waals surface area contributed by atoms with Gasteiger partial charge in [-0.15, -0.1) is 0 Å². The van der Waals surface area contributed by atoms with Gasteiger partial charge in [0, 0.05) is 51.7 Å². The van der Waals surface area contributed by atoms with Gasteiger partial charge in [0.15, 0.2) is 0 Å². The third kappa shape index (κ3) is 3.42. The van der Waals surface area contributed by atoms with Crippen molar-refractivity contribution in [2.45, 2.75) is 32.7 Å². The van der Waals surface area contributed by atoms with Crippen molar-refractivity contribution in [3.05, 3.63) is 0 Å². The minimum Gasteiger partial charge on any atom is -0.340 e. The average Bonchev–Trinajstić information content (AvgIpc) is 2.24. The molecule has 2 heterocycles. The Balaban J connectivity index is 1.68. The van der Waals surface area contributed by atoms with Crippen LogP contribution in [0.1, 0.15) is 26.7 Å². The van der Waals surface area contributed by atoms with Crippen molar-refractivity contribution >= 4 is 5.91 Å². The Hall–Kier alpha value is -0.610. The van der Waals surface area contributed by atoms with Crippen LogP contribution >= 0.6 is 0 Å². The first-order valence-corrected chi connectivity index (χ1v) is 6.89. The fourth-order valence-electron chi connectivity index (χ4n) is 2.44. The van der Waals surface area contributed by atoms with E-state index in [0.29, 0.717) is 11.8 Å². The summed E-state index contributed by atoms with van der Waals surface area (Å²) in [5.41, 5.74) is 0. The quantitative estimate of drug-likeness (QED) is 0.778. The Kier molecular flexibility index (Phi) is 4.40. The normalized spacial score (nSPS) is 22.9. The first kappa shape index (κ1) is 12.8. The lowest BCUT2D eigenvalue weighted by Gasteiger charge is -2.43. The summed E-state index contributed by atoms with van der Waals surface area (Å²) in [6, 6.07) is 0.725. The molecule has 17 heavy (non-hydrogen) atoms. The number of nitrogens with zero attached hydrogens (tertiary/aromatic N) is 2. The lowest BCUT2D eigenvalue weighted by Crippen LogP contribution is -2.62. The summed E-state index contributed by atoms with van der Waals surface area (Å²) < 4.78 is 0. The highest BCUT2D eigenvalue weighted by molar-refractivity contribution is 5.76. The van der Waals surface area contributed by atoms with Gasteiger partial charge < -0.3 is 10.2 Å². The van der Waals surface area contributed by atoms with Gasteiger partial charge in [-0.25, -0.2) is 0 Å². The minimum atomic E-state index is 0.352. The second-order valence-corrected chi connectivity index (χ2v) is 5.66. The lowest BCUT2D eigenvalue weighted by molar-refractivity contribution is -0.133. The number of piperazine rings is 1. The van der Waals surface area contributed by atoms with Crippen molar-refractivity contribution in [3.8, 4) is 0 Å². The highest BCUT2D eigenvalue weighted by atomic mass is 16.2. The van der Waals surface area contributed by atoms with Crippen LogP contribution < -0.4 is 5.32 Å². The smallest absolute Gasteiger partial charge is 0.222 e. The van der Waals surface area contributed by atoms with Gasteiger partial charge >= 0.3 is 0 Å². The number of amides is 1. The summed E-state index contributed by atoms with van der Waals surface area (Å²) in [6.07, 6.45) is 1.74. The molecule has 4 nitrogen and oxygen atoms in total. The molecule has 0 radical (unpaired) electrons. The van der Waals surface area contributed by atoms with Crippen LogP contribution in [0.25, 0.3) is 0 Å². The monoisotopic (exact) mass is 239 g/mol. The molecule has 2 saturated heterocycles. The zero-order valence-electron chi connectivity index (χ0n) is 11.1. The molecule has 4 heteroatoms. The van der Waals surface area contributed by atoms with Crippen molar-refractivity contribution in [2.24, 2.45) is 5.92 Å². The van der Waals surface area contributed by atoms with Crippen LogP contribution in [-0.2, 0) is 4.79 Å². The molecule has 2 aliphatic heterocycles. The molecule has 98 valence electrons. The van der Waals surface area contributed by atoms with E-state index in [2.05, 4.69) is 24.1 Å². The number of nitrogens with one attached hydrogen (secondary N) is 1. The van der Waals surface area contributed by atoms with Gasteiger partial charge in [-0.1, -0.05) is 13.8 Å². The maximum Gasteiger partial charge on any atom is 0.222 e. The predicted molar refractivity (Wildman–Crippen MR) is 68.9 cm³/mol. The van der Waals surface area contributed by atoms with Crippen LogP contribution in [0.5, 0.6) is 0 Å². The Morgan fingerprint density at radius 1 is 1.24 bits per heavy atom. The lowest BCUT2D eigenvalue weighted by atomic mass is 10.1. The maximum atomic E-state index is 12.0. The van der Waals surface area contributed by atoms with Crippen LogP contribution in [0.2, 0.25) is 0 Å². The van der Waals surface area contributed by atoms with E-state index in [4.69, 9.17) is 0 Å². The van der Waals surface area contributed by atoms with Crippen molar-refractivity contribution in [1.82, 2.24) is 15.1 Å². The van der Waals surface area contributed by atoms with Crippen molar-refractivity contribution < 1.29 is 4.79 Å². The third-order valence-corrected chi connectivity index (χ3v) is 3.88. The summed E-state index contributed by atoms with van der Waals surface area (Å²) in [5.74, 6) is 0.978. The maximum absolute atomic E-state index is 12.0. The SMILES string of the molecule is CC(C)CCC(=O)N1CCN(C2CNC2)CC1. The Labute approximate surface area is 104 Å². The van der Waals surface area contributed by atoms with Gasteiger partial charge in [0.05, 0.1) is 0 Å². The first-order chi connectivity index (χ1) is 8.16. The van der Waals surface area contributed by atoms with E-state index in [1.807, 2.05) is 4.90 Å². The van der Waals surface area contributed by atoms with E-state index < -0.39 is 0 Å². The van der Waals surface area contributed by atoms with Gasteiger partial charge in [0.2, 0.25) is 5.91 Å². The van der Waals surface area contributed by atoms with Crippen LogP contribution in [0.4, 0.5) is 0 Å². The van der Waals surface area contributed by atoms with E-state index in [0.717, 1.165) is 58.2 Å². The molecule has 0 atom stereocenters. The highest BCUT2D eigenvalue weighted by Gasteiger charge is 2.28. The molecule has 0 unspecified atom stereocenters. The zero-order valence-corrected chi connectivity index (χ0v) is 11.1. The second-order valence-electron chi connectivity index (χ2n) is 5.66. The van der Waals surface area contributed by atoms with Gasteiger partial charge in [0.25, 0.3) is 0 Å². The molecule has 0 spiro atoms. The molecular formula is C13H25N3O. The number of carbonyl (C=O) groups excluding carboxylic acids is 1. The van der Waals surface area contributed by atoms with Crippen molar-refractivity contribution in [3.63, 3.8) is 0 Å². The molecule has 1 N–H and O–H groups in total. The summed E-state index contributed by atoms with van der Waals surface area (Å²) in [5, 5.41) is 3.30. The molecule has 0 saturated carbocycles. The predicted octanol–water partition coefficient (Wildman–Crippen LogP) is 0.539. The van der Waals surface area contributed by atoms with Crippen LogP contribution in [-0.4, -0.2) is 61.0 Å². The number of carbonyl (C=O) groups is 1. The number of hydrogen-bond donors (Lipinski definition) is 1. The van der Waals surface area contributed by atoms with Crippen molar-refractivity contribution in [1.29, 1.82) is 0 Å². The third-order valence-electron chi connectivity index (χ3n) is 3.88. The zero-order chi connectivity index (χ0) is 12.3. The molecule has 0 aromatic heterocycles. The Morgan fingerprint density at radius 3 is 2.35 bits per heavy atom. The summed E-state index contributed by atoms with van der Waals surface area (Å²) in [4.78, 5) is 16.5. The van der Waals surface area contributed by atoms with Crippen LogP contribution in [0, 0.1) is 5.92 Å². The average molecular weight is 239 g/mol. The topological polar surface area (TPSA) is 35.6 Å². The second kappa shape index (κ2) is 5.83. The fourth-order valence-corrected chi connectivity index (χ4v) is 2.44. The van der Waals surface area contributed by atoms with E-state index >= 15 is 0 Å². The van der Waals surface area contributed by atoms with Gasteiger partial charge in [-0.2, -0.15) is 0 Å². The Morgan fingerprint density at radius 2 is 1.88 bits per heavy atom. The first-order valence-electron chi connectivity index (χ1n) is 6.89. The minimum absolute atomic E-state index is 0.352. The molecule has 2 rings (SSSR count). The van der Waals surface area contributed by atoms with Gasteiger partial charge in [0.1, 0.15) is 0 Å². The largest absolute Gasteiger partial charge is 0.340 e. The molecular weight excluding hydrogens is 214 g/mol. The molecule has 2 aliphatic rings. The number of rotatable bonds is 4. The fraction of sp³-hybridized carbons (Fsp3) is 0.923. The summed E-state index contributed by atoms with van der Waals surface area (Å²) >= 11 is 0. The molecule has 0 aromatic carbocycles. The van der Waals surface area contributed by atoms with E-state index in [-0.39, 0.29) is 0 Å². The molecule has 0 aromatic rings. The van der Waals surface area contributed by atoms with Crippen LogP contribution in [0.3, 0.4) is 0 Å². The standard InChI is InChI=1S/C13H25N3O/c1-11(2)3-4-13(17)16-7-5-15(6-8-16)12-9-14-10-12/h11-12,14H,3-10H2,1-2H3. The Bertz CT molecular complexity index is 255. The van der Waals surface area contributed by atoms with E-state index in [1.165, 1.54) is 0 Å². The van der Waals surface area contributed by atoms with Gasteiger partial charge in [-0.05, 0) is 12.3 Å². The van der Waals surface area contributed by atoms with Crippen molar-refractivity contribution in [2.75, 3.05) is 39.3 Å². The van der Waals surface area contributed by atoms with Crippen LogP contribution in [0.15, 0.2) is 0 Å². The van der Waals surface area contributed by atoms with E-state index in [1.54, 1.807) is 0 Å². The molecule has 0 aliphatic carbocycles. The number of hydrogen-bond acceptors (Lipinski definition) is 3.